The number of hydrazine groups is 1. The molecule has 1 aliphatic carbocycles. The summed E-state index contributed by atoms with van der Waals surface area (Å²) in [5, 5.41) is 11.5. The van der Waals surface area contributed by atoms with Gasteiger partial charge in [0.05, 0.1) is 12.5 Å². The summed E-state index contributed by atoms with van der Waals surface area (Å²) >= 11 is 6.32. The van der Waals surface area contributed by atoms with Crippen molar-refractivity contribution in [1.82, 2.24) is 5.43 Å². The van der Waals surface area contributed by atoms with Gasteiger partial charge in [0.2, 0.25) is 0 Å². The summed E-state index contributed by atoms with van der Waals surface area (Å²) in [5.41, 5.74) is 5.44. The second-order valence-electron chi connectivity index (χ2n) is 6.78. The van der Waals surface area contributed by atoms with Crippen molar-refractivity contribution < 1.29 is 9.84 Å². The number of nitrogens with two attached hydrogens (primary N) is 1. The van der Waals surface area contributed by atoms with Crippen LogP contribution in [0.2, 0.25) is 5.02 Å². The summed E-state index contributed by atoms with van der Waals surface area (Å²) in [6, 6.07) is 11.2. The zero-order chi connectivity index (χ0) is 19.6. The Balaban J connectivity index is 2.27. The molecular formula is C21H24ClN3O2. The lowest BCUT2D eigenvalue weighted by Gasteiger charge is -2.36. The molecule has 5 nitrogen and oxygen atoms in total. The van der Waals surface area contributed by atoms with Crippen molar-refractivity contribution in [2.24, 2.45) is 5.84 Å². The standard InChI is InChI=1S/C21H24ClN3O2/c1-25(2)16-7-8-17(19(26)12-16)21(10-4-5-15(13-21)24-23)18-11-14(22)6-9-20(18)27-3/h4-12,24,26H,13,23H2,1-3H3. The van der Waals surface area contributed by atoms with Gasteiger partial charge in [-0.05, 0) is 30.3 Å². The lowest BCUT2D eigenvalue weighted by molar-refractivity contribution is 0.397. The maximum absolute atomic E-state index is 10.9. The van der Waals surface area contributed by atoms with Crippen LogP contribution in [0.4, 0.5) is 5.69 Å². The average molecular weight is 386 g/mol. The molecule has 1 unspecified atom stereocenters. The number of aromatic hydroxyl groups is 1. The zero-order valence-corrected chi connectivity index (χ0v) is 16.4. The Kier molecular flexibility index (Phi) is 5.35. The minimum atomic E-state index is -0.679. The summed E-state index contributed by atoms with van der Waals surface area (Å²) in [5.74, 6) is 6.60. The van der Waals surface area contributed by atoms with Crippen molar-refractivity contribution in [3.05, 3.63) is 76.5 Å². The molecule has 2 aromatic carbocycles. The number of phenols is 1. The third-order valence-electron chi connectivity index (χ3n) is 4.95. The second-order valence-corrected chi connectivity index (χ2v) is 7.22. The van der Waals surface area contributed by atoms with E-state index >= 15 is 0 Å². The van der Waals surface area contributed by atoms with Gasteiger partial charge in [0.15, 0.2) is 0 Å². The Morgan fingerprint density at radius 2 is 1.96 bits per heavy atom. The first-order chi connectivity index (χ1) is 12.9. The van der Waals surface area contributed by atoms with E-state index < -0.39 is 5.41 Å². The number of nitrogens with zero attached hydrogens (tertiary/aromatic N) is 1. The van der Waals surface area contributed by atoms with Gasteiger partial charge in [0.1, 0.15) is 11.5 Å². The molecule has 0 fully saturated rings. The van der Waals surface area contributed by atoms with Crippen LogP contribution in [0.1, 0.15) is 17.5 Å². The van der Waals surface area contributed by atoms with Gasteiger partial charge in [-0.3, -0.25) is 5.84 Å². The van der Waals surface area contributed by atoms with Crippen molar-refractivity contribution in [3.63, 3.8) is 0 Å². The van der Waals surface area contributed by atoms with Gasteiger partial charge in [0, 0.05) is 54.1 Å². The molecule has 0 saturated carbocycles. The fraction of sp³-hybridized carbons (Fsp3) is 0.238. The molecule has 3 rings (SSSR count). The van der Waals surface area contributed by atoms with E-state index in [1.165, 1.54) is 0 Å². The molecule has 6 heteroatoms. The number of allylic oxidation sites excluding steroid dienone is 4. The first kappa shape index (κ1) is 19.1. The van der Waals surface area contributed by atoms with Crippen LogP contribution in [0.5, 0.6) is 11.5 Å². The molecule has 0 bridgehead atoms. The quantitative estimate of drug-likeness (QED) is 0.540. The van der Waals surface area contributed by atoms with E-state index in [9.17, 15) is 5.11 Å². The Hall–Kier alpha value is -2.63. The Bertz CT molecular complexity index is 908. The predicted molar refractivity (Wildman–Crippen MR) is 110 cm³/mol. The van der Waals surface area contributed by atoms with Gasteiger partial charge in [-0.25, -0.2) is 0 Å². The van der Waals surface area contributed by atoms with Crippen molar-refractivity contribution in [1.29, 1.82) is 0 Å². The molecule has 0 amide bonds. The molecule has 27 heavy (non-hydrogen) atoms. The fourth-order valence-electron chi connectivity index (χ4n) is 3.57. The molecule has 1 atom stereocenters. The zero-order valence-electron chi connectivity index (χ0n) is 15.7. The van der Waals surface area contributed by atoms with E-state index in [2.05, 4.69) is 5.43 Å². The number of hydrogen-bond acceptors (Lipinski definition) is 5. The first-order valence-electron chi connectivity index (χ1n) is 8.61. The normalized spacial score (nSPS) is 18.8. The highest BCUT2D eigenvalue weighted by atomic mass is 35.5. The van der Waals surface area contributed by atoms with Gasteiger partial charge in [0.25, 0.3) is 0 Å². The number of phenolic OH excluding ortho intramolecular Hbond substituents is 1. The fourth-order valence-corrected chi connectivity index (χ4v) is 3.74. The molecule has 0 spiro atoms. The number of halogens is 1. The molecule has 1 aliphatic rings. The molecule has 2 aromatic rings. The highest BCUT2D eigenvalue weighted by molar-refractivity contribution is 6.30. The smallest absolute Gasteiger partial charge is 0.123 e. The highest BCUT2D eigenvalue weighted by Crippen LogP contribution is 2.48. The van der Waals surface area contributed by atoms with Gasteiger partial charge in [-0.2, -0.15) is 0 Å². The molecule has 0 aliphatic heterocycles. The lowest BCUT2D eigenvalue weighted by Crippen LogP contribution is -2.33. The van der Waals surface area contributed by atoms with Crippen LogP contribution >= 0.6 is 11.6 Å². The number of rotatable bonds is 5. The summed E-state index contributed by atoms with van der Waals surface area (Å²) in [6.45, 7) is 0. The van der Waals surface area contributed by atoms with Crippen LogP contribution in [0, 0.1) is 0 Å². The Morgan fingerprint density at radius 3 is 2.59 bits per heavy atom. The number of benzene rings is 2. The Morgan fingerprint density at radius 1 is 1.19 bits per heavy atom. The van der Waals surface area contributed by atoms with Crippen molar-refractivity contribution in [2.45, 2.75) is 11.8 Å². The molecular weight excluding hydrogens is 362 g/mol. The molecule has 0 heterocycles. The van der Waals surface area contributed by atoms with Crippen LogP contribution in [-0.4, -0.2) is 26.3 Å². The summed E-state index contributed by atoms with van der Waals surface area (Å²) < 4.78 is 5.62. The number of hydrogen-bond donors (Lipinski definition) is 3. The lowest BCUT2D eigenvalue weighted by atomic mass is 9.68. The predicted octanol–water partition coefficient (Wildman–Crippen LogP) is 3.71. The minimum absolute atomic E-state index is 0.200. The van der Waals surface area contributed by atoms with Gasteiger partial charge >= 0.3 is 0 Å². The van der Waals surface area contributed by atoms with E-state index in [0.29, 0.717) is 17.2 Å². The van der Waals surface area contributed by atoms with Crippen molar-refractivity contribution in [3.8, 4) is 11.5 Å². The maximum Gasteiger partial charge on any atom is 0.123 e. The topological polar surface area (TPSA) is 70.8 Å². The van der Waals surface area contributed by atoms with E-state index in [4.69, 9.17) is 22.2 Å². The average Bonchev–Trinajstić information content (AvgIpc) is 2.67. The van der Waals surface area contributed by atoms with E-state index in [0.717, 1.165) is 22.5 Å². The largest absolute Gasteiger partial charge is 0.508 e. The summed E-state index contributed by atoms with van der Waals surface area (Å²) in [4.78, 5) is 1.94. The molecule has 0 aromatic heterocycles. The second kappa shape index (κ2) is 7.55. The van der Waals surface area contributed by atoms with Crippen LogP contribution in [0.25, 0.3) is 0 Å². The van der Waals surface area contributed by atoms with Crippen molar-refractivity contribution in [2.75, 3.05) is 26.1 Å². The highest BCUT2D eigenvalue weighted by Gasteiger charge is 2.39. The number of methoxy groups -OCH3 is 1. The van der Waals surface area contributed by atoms with E-state index in [1.807, 2.05) is 61.5 Å². The number of anilines is 1. The summed E-state index contributed by atoms with van der Waals surface area (Å²) in [7, 11) is 5.49. The third kappa shape index (κ3) is 3.48. The van der Waals surface area contributed by atoms with Crippen molar-refractivity contribution >= 4 is 17.3 Å². The minimum Gasteiger partial charge on any atom is -0.508 e. The van der Waals surface area contributed by atoms with Crippen LogP contribution in [-0.2, 0) is 5.41 Å². The van der Waals surface area contributed by atoms with Gasteiger partial charge in [-0.15, -0.1) is 0 Å². The number of nitrogens with one attached hydrogen (secondary N) is 1. The first-order valence-corrected chi connectivity index (χ1v) is 8.99. The molecule has 142 valence electrons. The SMILES string of the molecule is COc1ccc(Cl)cc1C1(c2ccc(N(C)C)cc2O)C=CC=C(NN)C1. The van der Waals surface area contributed by atoms with Crippen LogP contribution < -0.4 is 20.9 Å². The molecule has 0 saturated heterocycles. The van der Waals surface area contributed by atoms with Crippen LogP contribution in [0.15, 0.2) is 60.3 Å². The third-order valence-corrected chi connectivity index (χ3v) is 5.19. The van der Waals surface area contributed by atoms with E-state index in [1.54, 1.807) is 19.2 Å². The van der Waals surface area contributed by atoms with Crippen LogP contribution in [0.3, 0.4) is 0 Å². The Labute approximate surface area is 164 Å². The maximum atomic E-state index is 10.9. The van der Waals surface area contributed by atoms with Gasteiger partial charge in [-0.1, -0.05) is 29.8 Å². The summed E-state index contributed by atoms with van der Waals surface area (Å²) in [6.07, 6.45) is 6.43. The molecule has 0 radical (unpaired) electrons. The van der Waals surface area contributed by atoms with E-state index in [-0.39, 0.29) is 5.75 Å². The number of ether oxygens (including phenoxy) is 1. The molecule has 4 N–H and O–H groups in total. The monoisotopic (exact) mass is 385 g/mol. The van der Waals surface area contributed by atoms with Gasteiger partial charge < -0.3 is 20.2 Å².